The first kappa shape index (κ1) is 11.4. The molecule has 1 aliphatic heterocycles. The summed E-state index contributed by atoms with van der Waals surface area (Å²) in [5.41, 5.74) is 6.15. The highest BCUT2D eigenvalue weighted by Gasteiger charge is 2.42. The zero-order valence-corrected chi connectivity index (χ0v) is 9.87. The van der Waals surface area contributed by atoms with Crippen LogP contribution in [0.15, 0.2) is 0 Å². The molecular weight excluding hydrogens is 188 g/mol. The number of nitrogens with zero attached hydrogens (tertiary/aromatic N) is 1. The average molecular weight is 212 g/mol. The highest BCUT2D eigenvalue weighted by atomic mass is 16.5. The van der Waals surface area contributed by atoms with Crippen molar-refractivity contribution in [3.8, 4) is 0 Å². The van der Waals surface area contributed by atoms with Gasteiger partial charge in [-0.1, -0.05) is 19.8 Å². The van der Waals surface area contributed by atoms with Gasteiger partial charge in [-0.05, 0) is 25.8 Å². The van der Waals surface area contributed by atoms with E-state index in [0.29, 0.717) is 0 Å². The first-order valence-electron chi connectivity index (χ1n) is 6.37. The summed E-state index contributed by atoms with van der Waals surface area (Å²) in [5, 5.41) is 0. The lowest BCUT2D eigenvalue weighted by Gasteiger charge is -2.42. The van der Waals surface area contributed by atoms with Crippen molar-refractivity contribution in [1.82, 2.24) is 4.90 Å². The van der Waals surface area contributed by atoms with Gasteiger partial charge in [-0.15, -0.1) is 0 Å². The van der Waals surface area contributed by atoms with E-state index in [-0.39, 0.29) is 5.54 Å². The second kappa shape index (κ2) is 4.81. The lowest BCUT2D eigenvalue weighted by atomic mass is 9.93. The molecule has 0 amide bonds. The molecule has 2 aliphatic rings. The highest BCUT2D eigenvalue weighted by Crippen LogP contribution is 2.33. The molecule has 0 aromatic heterocycles. The van der Waals surface area contributed by atoms with Crippen molar-refractivity contribution < 1.29 is 4.74 Å². The van der Waals surface area contributed by atoms with Crippen LogP contribution in [0.4, 0.5) is 0 Å². The van der Waals surface area contributed by atoms with Gasteiger partial charge in [-0.25, -0.2) is 0 Å². The van der Waals surface area contributed by atoms with Crippen LogP contribution in [0.25, 0.3) is 0 Å². The summed E-state index contributed by atoms with van der Waals surface area (Å²) >= 11 is 0. The van der Waals surface area contributed by atoms with Gasteiger partial charge in [0.1, 0.15) is 0 Å². The van der Waals surface area contributed by atoms with Crippen LogP contribution in [-0.4, -0.2) is 42.8 Å². The van der Waals surface area contributed by atoms with Crippen LogP contribution in [0.3, 0.4) is 0 Å². The quantitative estimate of drug-likeness (QED) is 0.765. The molecule has 1 atom stereocenters. The molecule has 1 saturated carbocycles. The number of rotatable bonds is 4. The van der Waals surface area contributed by atoms with Crippen LogP contribution in [0.2, 0.25) is 0 Å². The second-order valence-electron chi connectivity index (χ2n) is 4.96. The fourth-order valence-electron chi connectivity index (χ4n) is 3.30. The summed E-state index contributed by atoms with van der Waals surface area (Å²) in [6, 6.07) is 0.764. The lowest BCUT2D eigenvalue weighted by molar-refractivity contribution is 0.0416. The Morgan fingerprint density at radius 1 is 1.40 bits per heavy atom. The minimum absolute atomic E-state index is 0.157. The number of nitrogens with two attached hydrogens (primary N) is 1. The van der Waals surface area contributed by atoms with E-state index in [2.05, 4.69) is 11.8 Å². The standard InChI is InChI=1S/C12H24N2O/c1-2-14(11-5-3-4-6-11)12(9-13)7-8-15-10-12/h11H,2-10,13H2,1H3. The van der Waals surface area contributed by atoms with E-state index in [1.54, 1.807) is 0 Å². The van der Waals surface area contributed by atoms with Gasteiger partial charge < -0.3 is 10.5 Å². The minimum Gasteiger partial charge on any atom is -0.379 e. The first-order valence-corrected chi connectivity index (χ1v) is 6.37. The summed E-state index contributed by atoms with van der Waals surface area (Å²) < 4.78 is 5.57. The summed E-state index contributed by atoms with van der Waals surface area (Å²) in [5.74, 6) is 0. The summed E-state index contributed by atoms with van der Waals surface area (Å²) in [6.45, 7) is 5.85. The maximum atomic E-state index is 5.99. The molecule has 1 heterocycles. The van der Waals surface area contributed by atoms with E-state index in [1.807, 2.05) is 0 Å². The van der Waals surface area contributed by atoms with Crippen molar-refractivity contribution in [1.29, 1.82) is 0 Å². The molecule has 0 radical (unpaired) electrons. The van der Waals surface area contributed by atoms with E-state index >= 15 is 0 Å². The SMILES string of the molecule is CCN(C1CCCC1)C1(CN)CCOC1. The van der Waals surface area contributed by atoms with Gasteiger partial charge in [0.05, 0.1) is 12.1 Å². The molecule has 2 N–H and O–H groups in total. The van der Waals surface area contributed by atoms with E-state index in [4.69, 9.17) is 10.5 Å². The normalized spacial score (nSPS) is 33.0. The molecule has 2 fully saturated rings. The van der Waals surface area contributed by atoms with Crippen LogP contribution in [0.1, 0.15) is 39.0 Å². The third-order valence-electron chi connectivity index (χ3n) is 4.18. The van der Waals surface area contributed by atoms with Gasteiger partial charge in [0.2, 0.25) is 0 Å². The van der Waals surface area contributed by atoms with Crippen molar-refractivity contribution in [3.05, 3.63) is 0 Å². The molecule has 1 saturated heterocycles. The van der Waals surface area contributed by atoms with Crippen LogP contribution >= 0.6 is 0 Å². The molecule has 3 nitrogen and oxygen atoms in total. The minimum atomic E-state index is 0.157. The fraction of sp³-hybridized carbons (Fsp3) is 1.00. The zero-order chi connectivity index (χ0) is 10.7. The average Bonchev–Trinajstić information content (AvgIpc) is 2.90. The predicted molar refractivity (Wildman–Crippen MR) is 61.9 cm³/mol. The Morgan fingerprint density at radius 2 is 2.13 bits per heavy atom. The van der Waals surface area contributed by atoms with E-state index in [9.17, 15) is 0 Å². The molecule has 0 aromatic carbocycles. The van der Waals surface area contributed by atoms with Crippen molar-refractivity contribution in [2.75, 3.05) is 26.3 Å². The van der Waals surface area contributed by atoms with E-state index in [1.165, 1.54) is 25.7 Å². The largest absolute Gasteiger partial charge is 0.379 e. The van der Waals surface area contributed by atoms with Gasteiger partial charge in [0.25, 0.3) is 0 Å². The van der Waals surface area contributed by atoms with Crippen LogP contribution in [0.5, 0.6) is 0 Å². The molecule has 3 heteroatoms. The lowest BCUT2D eigenvalue weighted by Crippen LogP contribution is -2.57. The van der Waals surface area contributed by atoms with Crippen molar-refractivity contribution >= 4 is 0 Å². The summed E-state index contributed by atoms with van der Waals surface area (Å²) in [6.07, 6.45) is 6.62. The third kappa shape index (κ3) is 2.05. The Hall–Kier alpha value is -0.120. The maximum Gasteiger partial charge on any atom is 0.0663 e. The zero-order valence-electron chi connectivity index (χ0n) is 9.87. The number of likely N-dealkylation sites (N-methyl/N-ethyl adjacent to an activating group) is 1. The van der Waals surface area contributed by atoms with Gasteiger partial charge >= 0.3 is 0 Å². The number of hydrogen-bond donors (Lipinski definition) is 1. The van der Waals surface area contributed by atoms with Crippen LogP contribution < -0.4 is 5.73 Å². The van der Waals surface area contributed by atoms with E-state index in [0.717, 1.165) is 38.8 Å². The molecular formula is C12H24N2O. The molecule has 0 aromatic rings. The molecule has 2 rings (SSSR count). The molecule has 1 aliphatic carbocycles. The maximum absolute atomic E-state index is 5.99. The molecule has 1 unspecified atom stereocenters. The summed E-state index contributed by atoms with van der Waals surface area (Å²) in [4.78, 5) is 2.63. The Kier molecular flexibility index (Phi) is 3.65. The second-order valence-corrected chi connectivity index (χ2v) is 4.96. The monoisotopic (exact) mass is 212 g/mol. The van der Waals surface area contributed by atoms with Crippen molar-refractivity contribution in [2.45, 2.75) is 50.6 Å². The Balaban J connectivity index is 2.08. The topological polar surface area (TPSA) is 38.5 Å². The fourth-order valence-corrected chi connectivity index (χ4v) is 3.30. The Bertz CT molecular complexity index is 196. The van der Waals surface area contributed by atoms with Crippen molar-refractivity contribution in [2.24, 2.45) is 5.73 Å². The first-order chi connectivity index (χ1) is 7.32. The van der Waals surface area contributed by atoms with Crippen molar-refractivity contribution in [3.63, 3.8) is 0 Å². The summed E-state index contributed by atoms with van der Waals surface area (Å²) in [7, 11) is 0. The predicted octanol–water partition coefficient (Wildman–Crippen LogP) is 1.37. The highest BCUT2D eigenvalue weighted by molar-refractivity contribution is 4.98. The van der Waals surface area contributed by atoms with Gasteiger partial charge in [0, 0.05) is 19.2 Å². The smallest absolute Gasteiger partial charge is 0.0663 e. The Labute approximate surface area is 93.0 Å². The van der Waals surface area contributed by atoms with Gasteiger partial charge in [0.15, 0.2) is 0 Å². The molecule has 15 heavy (non-hydrogen) atoms. The number of ether oxygens (including phenoxy) is 1. The van der Waals surface area contributed by atoms with Gasteiger partial charge in [-0.3, -0.25) is 4.90 Å². The van der Waals surface area contributed by atoms with Crippen LogP contribution in [-0.2, 0) is 4.74 Å². The third-order valence-corrected chi connectivity index (χ3v) is 4.18. The molecule has 0 bridgehead atoms. The van der Waals surface area contributed by atoms with E-state index < -0.39 is 0 Å². The molecule has 0 spiro atoms. The Morgan fingerprint density at radius 3 is 2.60 bits per heavy atom. The molecule has 88 valence electrons. The van der Waals surface area contributed by atoms with Gasteiger partial charge in [-0.2, -0.15) is 0 Å². The van der Waals surface area contributed by atoms with Crippen LogP contribution in [0, 0.1) is 0 Å². The number of hydrogen-bond acceptors (Lipinski definition) is 3.